The van der Waals surface area contributed by atoms with Crippen molar-refractivity contribution in [3.8, 4) is 0 Å². The van der Waals surface area contributed by atoms with Gasteiger partial charge in [-0.15, -0.1) is 0 Å². The maximum atomic E-state index is 12.1. The summed E-state index contributed by atoms with van der Waals surface area (Å²) in [6.07, 6.45) is 0. The molecule has 0 saturated heterocycles. The highest BCUT2D eigenvalue weighted by Crippen LogP contribution is 2.30. The minimum atomic E-state index is -0.633. The van der Waals surface area contributed by atoms with Gasteiger partial charge in [-0.25, -0.2) is 14.6 Å². The number of hydrogen-bond acceptors (Lipinski definition) is 5. The quantitative estimate of drug-likeness (QED) is 0.789. The van der Waals surface area contributed by atoms with Crippen molar-refractivity contribution in [2.75, 3.05) is 13.2 Å². The second-order valence-corrected chi connectivity index (χ2v) is 5.12. The zero-order valence-electron chi connectivity index (χ0n) is 12.0. The Hall–Kier alpha value is -1.85. The third kappa shape index (κ3) is 3.31. The van der Waals surface area contributed by atoms with Gasteiger partial charge < -0.3 is 9.47 Å². The number of benzene rings is 1. The third-order valence-electron chi connectivity index (χ3n) is 2.81. The van der Waals surface area contributed by atoms with E-state index in [4.69, 9.17) is 32.7 Å². The van der Waals surface area contributed by atoms with E-state index in [2.05, 4.69) is 4.98 Å². The number of carbonyl (C=O) groups is 2. The second kappa shape index (κ2) is 6.94. The molecule has 0 bridgehead atoms. The first-order valence-electron chi connectivity index (χ1n) is 6.62. The third-order valence-corrected chi connectivity index (χ3v) is 3.32. The van der Waals surface area contributed by atoms with Crippen LogP contribution in [-0.4, -0.2) is 30.1 Å². The molecule has 22 heavy (non-hydrogen) atoms. The van der Waals surface area contributed by atoms with Crippen LogP contribution in [0.3, 0.4) is 0 Å². The van der Waals surface area contributed by atoms with E-state index in [0.29, 0.717) is 15.9 Å². The Bertz CT molecular complexity index is 746. The van der Waals surface area contributed by atoms with Crippen LogP contribution in [0.25, 0.3) is 10.9 Å². The number of pyridine rings is 1. The molecule has 0 saturated carbocycles. The summed E-state index contributed by atoms with van der Waals surface area (Å²) in [7, 11) is 0. The average Bonchev–Trinajstić information content (AvgIpc) is 2.46. The van der Waals surface area contributed by atoms with Crippen LogP contribution in [-0.2, 0) is 9.47 Å². The van der Waals surface area contributed by atoms with E-state index < -0.39 is 11.9 Å². The SMILES string of the molecule is CCOC(=O)c1cc(C(=O)OCC)c2c(Cl)cc(Cl)cc2n1. The van der Waals surface area contributed by atoms with Gasteiger partial charge in [0, 0.05) is 10.4 Å². The molecule has 0 fully saturated rings. The van der Waals surface area contributed by atoms with Gasteiger partial charge >= 0.3 is 11.9 Å². The van der Waals surface area contributed by atoms with Crippen molar-refractivity contribution < 1.29 is 19.1 Å². The van der Waals surface area contributed by atoms with Crippen LogP contribution in [0.1, 0.15) is 34.7 Å². The molecule has 2 aromatic rings. The van der Waals surface area contributed by atoms with Crippen molar-refractivity contribution in [3.05, 3.63) is 39.5 Å². The van der Waals surface area contributed by atoms with Crippen molar-refractivity contribution in [3.63, 3.8) is 0 Å². The van der Waals surface area contributed by atoms with Gasteiger partial charge in [0.2, 0.25) is 0 Å². The van der Waals surface area contributed by atoms with Crippen LogP contribution in [0.2, 0.25) is 10.0 Å². The molecule has 0 unspecified atom stereocenters. The lowest BCUT2D eigenvalue weighted by molar-refractivity contribution is 0.0519. The molecule has 1 heterocycles. The smallest absolute Gasteiger partial charge is 0.356 e. The van der Waals surface area contributed by atoms with Crippen LogP contribution < -0.4 is 0 Å². The predicted molar refractivity (Wildman–Crippen MR) is 83.7 cm³/mol. The maximum absolute atomic E-state index is 12.1. The van der Waals surface area contributed by atoms with Gasteiger partial charge in [-0.05, 0) is 32.0 Å². The molecule has 0 radical (unpaired) electrons. The Balaban J connectivity index is 2.72. The van der Waals surface area contributed by atoms with Crippen molar-refractivity contribution >= 4 is 46.0 Å². The van der Waals surface area contributed by atoms with Gasteiger partial charge in [-0.2, -0.15) is 0 Å². The summed E-state index contributed by atoms with van der Waals surface area (Å²) in [6, 6.07) is 4.34. The highest BCUT2D eigenvalue weighted by atomic mass is 35.5. The number of nitrogens with zero attached hydrogens (tertiary/aromatic N) is 1. The Morgan fingerprint density at radius 1 is 1.05 bits per heavy atom. The van der Waals surface area contributed by atoms with Crippen LogP contribution >= 0.6 is 23.2 Å². The fourth-order valence-electron chi connectivity index (χ4n) is 1.97. The molecule has 0 aliphatic carbocycles. The van der Waals surface area contributed by atoms with Gasteiger partial charge in [0.25, 0.3) is 0 Å². The van der Waals surface area contributed by atoms with Gasteiger partial charge in [0.15, 0.2) is 0 Å². The molecule has 1 aromatic carbocycles. The maximum Gasteiger partial charge on any atom is 0.356 e. The number of aromatic nitrogens is 1. The second-order valence-electron chi connectivity index (χ2n) is 4.28. The summed E-state index contributed by atoms with van der Waals surface area (Å²) >= 11 is 12.1. The standard InChI is InChI=1S/C15H13Cl2NO4/c1-3-21-14(19)9-7-12(15(20)22-4-2)18-11-6-8(16)5-10(17)13(9)11/h5-7H,3-4H2,1-2H3. The van der Waals surface area contributed by atoms with Crippen molar-refractivity contribution in [1.82, 2.24) is 4.98 Å². The minimum absolute atomic E-state index is 0.00395. The van der Waals surface area contributed by atoms with E-state index in [1.54, 1.807) is 13.8 Å². The number of carbonyl (C=O) groups excluding carboxylic acids is 2. The Morgan fingerprint density at radius 3 is 2.32 bits per heavy atom. The largest absolute Gasteiger partial charge is 0.462 e. The van der Waals surface area contributed by atoms with Gasteiger partial charge in [-0.1, -0.05) is 23.2 Å². The molecule has 2 rings (SSSR count). The fraction of sp³-hybridized carbons (Fsp3) is 0.267. The van der Waals surface area contributed by atoms with E-state index in [0.717, 1.165) is 0 Å². The van der Waals surface area contributed by atoms with Crippen molar-refractivity contribution in [2.45, 2.75) is 13.8 Å². The lowest BCUT2D eigenvalue weighted by atomic mass is 10.1. The molecule has 0 atom stereocenters. The lowest BCUT2D eigenvalue weighted by Gasteiger charge is -2.10. The highest BCUT2D eigenvalue weighted by Gasteiger charge is 2.20. The van der Waals surface area contributed by atoms with Gasteiger partial charge in [-0.3, -0.25) is 0 Å². The molecule has 0 amide bonds. The summed E-state index contributed by atoms with van der Waals surface area (Å²) in [6.45, 7) is 3.76. The van der Waals surface area contributed by atoms with E-state index in [-0.39, 0.29) is 29.5 Å². The van der Waals surface area contributed by atoms with E-state index in [1.807, 2.05) is 0 Å². The number of ether oxygens (including phenoxy) is 2. The average molecular weight is 342 g/mol. The number of rotatable bonds is 4. The monoisotopic (exact) mass is 341 g/mol. The molecule has 116 valence electrons. The molecular formula is C15H13Cl2NO4. The first kappa shape index (κ1) is 16.5. The zero-order valence-corrected chi connectivity index (χ0v) is 13.5. The molecular weight excluding hydrogens is 329 g/mol. The normalized spacial score (nSPS) is 10.5. The van der Waals surface area contributed by atoms with Crippen molar-refractivity contribution in [1.29, 1.82) is 0 Å². The van der Waals surface area contributed by atoms with Crippen LogP contribution in [0, 0.1) is 0 Å². The molecule has 7 heteroatoms. The number of halogens is 2. The molecule has 0 aliphatic heterocycles. The van der Waals surface area contributed by atoms with E-state index in [9.17, 15) is 9.59 Å². The first-order chi connectivity index (χ1) is 10.5. The van der Waals surface area contributed by atoms with Crippen LogP contribution in [0.15, 0.2) is 18.2 Å². The molecule has 0 N–H and O–H groups in total. The van der Waals surface area contributed by atoms with Crippen LogP contribution in [0.4, 0.5) is 0 Å². The number of hydrogen-bond donors (Lipinski definition) is 0. The Kier molecular flexibility index (Phi) is 5.21. The summed E-state index contributed by atoms with van der Waals surface area (Å²) in [5.41, 5.74) is 0.471. The number of fused-ring (bicyclic) bond motifs is 1. The zero-order chi connectivity index (χ0) is 16.3. The predicted octanol–water partition coefficient (Wildman–Crippen LogP) is 3.90. The molecule has 0 spiro atoms. The summed E-state index contributed by atoms with van der Waals surface area (Å²) in [5.74, 6) is -1.23. The molecule has 0 aliphatic rings. The van der Waals surface area contributed by atoms with Crippen LogP contribution in [0.5, 0.6) is 0 Å². The fourth-order valence-corrected chi connectivity index (χ4v) is 2.55. The van der Waals surface area contributed by atoms with E-state index in [1.165, 1.54) is 18.2 Å². The van der Waals surface area contributed by atoms with Crippen molar-refractivity contribution in [2.24, 2.45) is 0 Å². The Labute approximate surface area is 137 Å². The van der Waals surface area contributed by atoms with E-state index >= 15 is 0 Å². The van der Waals surface area contributed by atoms with Gasteiger partial charge in [0.05, 0.1) is 29.3 Å². The topological polar surface area (TPSA) is 65.5 Å². The van der Waals surface area contributed by atoms with Gasteiger partial charge in [0.1, 0.15) is 5.69 Å². The lowest BCUT2D eigenvalue weighted by Crippen LogP contribution is -2.12. The molecule has 1 aromatic heterocycles. The summed E-state index contributed by atoms with van der Waals surface area (Å²) in [5, 5.41) is 0.992. The minimum Gasteiger partial charge on any atom is -0.462 e. The highest BCUT2D eigenvalue weighted by molar-refractivity contribution is 6.39. The number of esters is 2. The Morgan fingerprint density at radius 2 is 1.68 bits per heavy atom. The summed E-state index contributed by atoms with van der Waals surface area (Å²) in [4.78, 5) is 28.2. The first-order valence-corrected chi connectivity index (χ1v) is 7.37. The summed E-state index contributed by atoms with van der Waals surface area (Å²) < 4.78 is 9.92. The molecule has 5 nitrogen and oxygen atoms in total.